The van der Waals surface area contributed by atoms with Gasteiger partial charge in [-0.05, 0) is 49.2 Å². The Morgan fingerprint density at radius 2 is 1.73 bits per heavy atom. The van der Waals surface area contributed by atoms with E-state index in [0.29, 0.717) is 11.1 Å². The zero-order chi connectivity index (χ0) is 18.7. The molecule has 0 aliphatic rings. The highest BCUT2D eigenvalue weighted by atomic mass is 16.2. The second kappa shape index (κ2) is 7.31. The van der Waals surface area contributed by atoms with Crippen LogP contribution in [0, 0.1) is 13.8 Å². The number of benzene rings is 2. The molecule has 0 aliphatic carbocycles. The zero-order valence-electron chi connectivity index (χ0n) is 15.0. The van der Waals surface area contributed by atoms with E-state index in [0.717, 1.165) is 22.3 Å². The number of nitrogens with one attached hydrogen (secondary N) is 1. The summed E-state index contributed by atoms with van der Waals surface area (Å²) in [5.74, 6) is -0.483. The number of carbonyl (C=O) groups excluding carboxylic acids is 2. The molecule has 132 valence electrons. The van der Waals surface area contributed by atoms with Crippen molar-refractivity contribution in [3.63, 3.8) is 0 Å². The van der Waals surface area contributed by atoms with E-state index in [2.05, 4.69) is 15.3 Å². The Labute approximate surface area is 151 Å². The summed E-state index contributed by atoms with van der Waals surface area (Å²) >= 11 is 0. The number of likely N-dealkylation sites (N-methyl/N-ethyl adjacent to an activating group) is 1. The first-order valence-corrected chi connectivity index (χ1v) is 8.27. The van der Waals surface area contributed by atoms with E-state index in [1.54, 1.807) is 37.6 Å². The van der Waals surface area contributed by atoms with Crippen molar-refractivity contribution in [2.75, 3.05) is 18.9 Å². The van der Waals surface area contributed by atoms with Crippen molar-refractivity contribution in [2.45, 2.75) is 13.8 Å². The van der Waals surface area contributed by atoms with Gasteiger partial charge in [-0.25, -0.2) is 0 Å². The van der Waals surface area contributed by atoms with E-state index in [4.69, 9.17) is 0 Å². The third kappa shape index (κ3) is 3.85. The van der Waals surface area contributed by atoms with Gasteiger partial charge in [-0.15, -0.1) is 0 Å². The van der Waals surface area contributed by atoms with Crippen LogP contribution < -0.4 is 5.32 Å². The number of amides is 2. The molecule has 0 saturated carbocycles. The van der Waals surface area contributed by atoms with Gasteiger partial charge in [0.15, 0.2) is 0 Å². The molecule has 1 aromatic heterocycles. The van der Waals surface area contributed by atoms with Crippen LogP contribution in [0.15, 0.2) is 48.8 Å². The van der Waals surface area contributed by atoms with Crippen molar-refractivity contribution >= 4 is 28.5 Å². The van der Waals surface area contributed by atoms with E-state index in [-0.39, 0.29) is 18.4 Å². The molecular formula is C20H20N4O2. The molecule has 0 radical (unpaired) electrons. The Bertz CT molecular complexity index is 984. The first-order chi connectivity index (χ1) is 12.4. The maximum Gasteiger partial charge on any atom is 0.254 e. The minimum absolute atomic E-state index is 0.0370. The molecule has 2 amide bonds. The van der Waals surface area contributed by atoms with Crippen molar-refractivity contribution in [2.24, 2.45) is 0 Å². The van der Waals surface area contributed by atoms with Gasteiger partial charge in [0, 0.05) is 30.7 Å². The van der Waals surface area contributed by atoms with Crippen LogP contribution in [0.4, 0.5) is 5.69 Å². The lowest BCUT2D eigenvalue weighted by atomic mass is 10.1. The van der Waals surface area contributed by atoms with Crippen molar-refractivity contribution in [1.82, 2.24) is 14.9 Å². The maximum absolute atomic E-state index is 12.6. The maximum atomic E-state index is 12.6. The van der Waals surface area contributed by atoms with E-state index in [9.17, 15) is 9.59 Å². The van der Waals surface area contributed by atoms with Crippen LogP contribution in [0.3, 0.4) is 0 Å². The Morgan fingerprint density at radius 1 is 1.00 bits per heavy atom. The normalized spacial score (nSPS) is 10.6. The molecule has 26 heavy (non-hydrogen) atoms. The van der Waals surface area contributed by atoms with E-state index in [1.165, 1.54) is 4.90 Å². The van der Waals surface area contributed by atoms with Gasteiger partial charge in [-0.3, -0.25) is 19.6 Å². The minimum Gasteiger partial charge on any atom is -0.332 e. The lowest BCUT2D eigenvalue weighted by Crippen LogP contribution is -2.35. The van der Waals surface area contributed by atoms with Crippen molar-refractivity contribution in [3.05, 3.63) is 65.5 Å². The molecule has 0 spiro atoms. The lowest BCUT2D eigenvalue weighted by Gasteiger charge is -2.17. The summed E-state index contributed by atoms with van der Waals surface area (Å²) < 4.78 is 0. The SMILES string of the molecule is Cc1ccc(C)c(NC(=O)CN(C)C(=O)c2ccc3nccnc3c2)c1. The molecule has 0 aliphatic heterocycles. The molecule has 1 N–H and O–H groups in total. The highest BCUT2D eigenvalue weighted by Crippen LogP contribution is 2.16. The predicted molar refractivity (Wildman–Crippen MR) is 101 cm³/mol. The molecule has 3 rings (SSSR count). The van der Waals surface area contributed by atoms with Gasteiger partial charge in [0.1, 0.15) is 0 Å². The minimum atomic E-state index is -0.242. The molecule has 0 atom stereocenters. The molecule has 6 nitrogen and oxygen atoms in total. The summed E-state index contributed by atoms with van der Waals surface area (Å²) in [6.07, 6.45) is 3.19. The average molecular weight is 348 g/mol. The molecule has 6 heteroatoms. The standard InChI is InChI=1S/C20H20N4O2/c1-13-4-5-14(2)17(10-13)23-19(25)12-24(3)20(26)15-6-7-16-18(11-15)22-9-8-21-16/h4-11H,12H2,1-3H3,(H,23,25). The zero-order valence-corrected chi connectivity index (χ0v) is 15.0. The predicted octanol–water partition coefficient (Wildman–Crippen LogP) is 2.96. The molecular weight excluding hydrogens is 328 g/mol. The summed E-state index contributed by atoms with van der Waals surface area (Å²) in [6.45, 7) is 3.86. The first kappa shape index (κ1) is 17.5. The second-order valence-electron chi connectivity index (χ2n) is 6.29. The summed E-state index contributed by atoms with van der Waals surface area (Å²) in [7, 11) is 1.60. The van der Waals surface area contributed by atoms with Gasteiger partial charge in [0.2, 0.25) is 5.91 Å². The Morgan fingerprint density at radius 3 is 2.50 bits per heavy atom. The van der Waals surface area contributed by atoms with Crippen molar-refractivity contribution in [3.8, 4) is 0 Å². The molecule has 0 unspecified atom stereocenters. The van der Waals surface area contributed by atoms with Gasteiger partial charge < -0.3 is 10.2 Å². The van der Waals surface area contributed by atoms with E-state index >= 15 is 0 Å². The van der Waals surface area contributed by atoms with Gasteiger partial charge in [-0.2, -0.15) is 0 Å². The Balaban J connectivity index is 1.69. The van der Waals surface area contributed by atoms with Crippen LogP contribution >= 0.6 is 0 Å². The third-order valence-electron chi connectivity index (χ3n) is 4.11. The fourth-order valence-electron chi connectivity index (χ4n) is 2.66. The van der Waals surface area contributed by atoms with Gasteiger partial charge in [0.25, 0.3) is 5.91 Å². The number of anilines is 1. The number of aryl methyl sites for hydroxylation is 2. The summed E-state index contributed by atoms with van der Waals surface area (Å²) in [4.78, 5) is 34.7. The molecule has 0 saturated heterocycles. The van der Waals surface area contributed by atoms with Crippen LogP contribution in [0.5, 0.6) is 0 Å². The molecule has 1 heterocycles. The molecule has 0 bridgehead atoms. The fraction of sp³-hybridized carbons (Fsp3) is 0.200. The fourth-order valence-corrected chi connectivity index (χ4v) is 2.66. The smallest absolute Gasteiger partial charge is 0.254 e. The number of nitrogens with zero attached hydrogens (tertiary/aromatic N) is 3. The van der Waals surface area contributed by atoms with Gasteiger partial charge >= 0.3 is 0 Å². The van der Waals surface area contributed by atoms with Crippen LogP contribution in [0.1, 0.15) is 21.5 Å². The Kier molecular flexibility index (Phi) is 4.93. The number of aromatic nitrogens is 2. The molecule has 2 aromatic carbocycles. The van der Waals surface area contributed by atoms with Crippen molar-refractivity contribution < 1.29 is 9.59 Å². The highest BCUT2D eigenvalue weighted by Gasteiger charge is 2.16. The summed E-state index contributed by atoms with van der Waals surface area (Å²) in [5, 5.41) is 2.86. The quantitative estimate of drug-likeness (QED) is 0.786. The second-order valence-corrected chi connectivity index (χ2v) is 6.29. The molecule has 3 aromatic rings. The van der Waals surface area contributed by atoms with E-state index in [1.807, 2.05) is 32.0 Å². The largest absolute Gasteiger partial charge is 0.332 e. The van der Waals surface area contributed by atoms with Crippen LogP contribution in [0.25, 0.3) is 11.0 Å². The lowest BCUT2D eigenvalue weighted by molar-refractivity contribution is -0.116. The molecule has 0 fully saturated rings. The Hall–Kier alpha value is -3.28. The van der Waals surface area contributed by atoms with Crippen LogP contribution in [0.2, 0.25) is 0 Å². The van der Waals surface area contributed by atoms with Gasteiger partial charge in [0.05, 0.1) is 17.6 Å². The van der Waals surface area contributed by atoms with Gasteiger partial charge in [-0.1, -0.05) is 12.1 Å². The number of carbonyl (C=O) groups is 2. The van der Waals surface area contributed by atoms with Crippen molar-refractivity contribution in [1.29, 1.82) is 0 Å². The summed E-state index contributed by atoms with van der Waals surface area (Å²) in [6, 6.07) is 11.0. The third-order valence-corrected chi connectivity index (χ3v) is 4.11. The number of hydrogen-bond donors (Lipinski definition) is 1. The first-order valence-electron chi connectivity index (χ1n) is 8.27. The number of hydrogen-bond acceptors (Lipinski definition) is 4. The van der Waals surface area contributed by atoms with Crippen LogP contribution in [-0.2, 0) is 4.79 Å². The average Bonchev–Trinajstić information content (AvgIpc) is 2.63. The van der Waals surface area contributed by atoms with E-state index < -0.39 is 0 Å². The highest BCUT2D eigenvalue weighted by molar-refractivity contribution is 6.01. The topological polar surface area (TPSA) is 75.2 Å². The van der Waals surface area contributed by atoms with Crippen LogP contribution in [-0.4, -0.2) is 40.3 Å². The number of fused-ring (bicyclic) bond motifs is 1. The number of rotatable bonds is 4. The monoisotopic (exact) mass is 348 g/mol. The summed E-state index contributed by atoms with van der Waals surface area (Å²) in [5.41, 5.74) is 4.64.